The molecular weight excluding hydrogens is 350 g/mol. The number of aromatic nitrogens is 1. The Balaban J connectivity index is 1.38. The molecule has 3 aliphatic rings. The van der Waals surface area contributed by atoms with E-state index in [0.29, 0.717) is 12.0 Å². The third-order valence-corrected chi connectivity index (χ3v) is 6.41. The Morgan fingerprint density at radius 1 is 1.18 bits per heavy atom. The zero-order valence-electron chi connectivity index (χ0n) is 17.3. The lowest BCUT2D eigenvalue weighted by atomic mass is 9.87. The van der Waals surface area contributed by atoms with Crippen LogP contribution in [0, 0.1) is 5.41 Å². The lowest BCUT2D eigenvalue weighted by Gasteiger charge is -2.25. The van der Waals surface area contributed by atoms with Crippen LogP contribution in [-0.2, 0) is 11.3 Å². The number of rotatable bonds is 4. The van der Waals surface area contributed by atoms with E-state index in [1.807, 2.05) is 6.20 Å². The van der Waals surface area contributed by atoms with Crippen molar-refractivity contribution in [3.05, 3.63) is 23.9 Å². The van der Waals surface area contributed by atoms with Gasteiger partial charge in [0.2, 0.25) is 0 Å². The minimum atomic E-state index is 0.354. The summed E-state index contributed by atoms with van der Waals surface area (Å²) >= 11 is 0. The minimum absolute atomic E-state index is 0.354. The highest BCUT2D eigenvalue weighted by Gasteiger charge is 2.42. The highest BCUT2D eigenvalue weighted by molar-refractivity contribution is 5.80. The fourth-order valence-corrected chi connectivity index (χ4v) is 4.68. The Morgan fingerprint density at radius 2 is 2.04 bits per heavy atom. The lowest BCUT2D eigenvalue weighted by molar-refractivity contribution is 0.156. The van der Waals surface area contributed by atoms with Crippen LogP contribution in [0.25, 0.3) is 0 Å². The van der Waals surface area contributed by atoms with Gasteiger partial charge in [-0.05, 0) is 44.2 Å². The highest BCUT2D eigenvalue weighted by Crippen LogP contribution is 2.38. The summed E-state index contributed by atoms with van der Waals surface area (Å²) in [7, 11) is 0. The molecule has 1 N–H and O–H groups in total. The summed E-state index contributed by atoms with van der Waals surface area (Å²) in [6.45, 7) is 9.93. The number of aliphatic imine (C=N–C) groups is 1. The van der Waals surface area contributed by atoms with Gasteiger partial charge in [-0.1, -0.05) is 18.9 Å². The van der Waals surface area contributed by atoms with E-state index >= 15 is 0 Å². The molecule has 1 unspecified atom stereocenters. The molecule has 0 bridgehead atoms. The first-order chi connectivity index (χ1) is 13.8. The highest BCUT2D eigenvalue weighted by atomic mass is 16.5. The summed E-state index contributed by atoms with van der Waals surface area (Å²) in [6, 6.07) is 4.36. The van der Waals surface area contributed by atoms with Crippen molar-refractivity contribution in [1.29, 1.82) is 0 Å². The quantitative estimate of drug-likeness (QED) is 0.638. The van der Waals surface area contributed by atoms with Crippen LogP contribution < -0.4 is 10.2 Å². The van der Waals surface area contributed by atoms with Gasteiger partial charge in [-0.15, -0.1) is 0 Å². The van der Waals surface area contributed by atoms with Gasteiger partial charge in [-0.3, -0.25) is 0 Å². The molecule has 0 aromatic carbocycles. The second-order valence-corrected chi connectivity index (χ2v) is 8.57. The smallest absolute Gasteiger partial charge is 0.194 e. The van der Waals surface area contributed by atoms with Crippen molar-refractivity contribution in [2.45, 2.75) is 52.0 Å². The molecule has 1 atom stereocenters. The van der Waals surface area contributed by atoms with Crippen molar-refractivity contribution in [3.8, 4) is 0 Å². The maximum absolute atomic E-state index is 5.67. The largest absolute Gasteiger partial charge is 0.381 e. The van der Waals surface area contributed by atoms with Crippen molar-refractivity contribution in [3.63, 3.8) is 0 Å². The van der Waals surface area contributed by atoms with Crippen LogP contribution in [0.5, 0.6) is 0 Å². The van der Waals surface area contributed by atoms with E-state index in [1.165, 1.54) is 44.1 Å². The number of likely N-dealkylation sites (tertiary alicyclic amines) is 1. The van der Waals surface area contributed by atoms with Gasteiger partial charge in [0.1, 0.15) is 5.82 Å². The van der Waals surface area contributed by atoms with Gasteiger partial charge in [0.15, 0.2) is 5.96 Å². The van der Waals surface area contributed by atoms with E-state index in [9.17, 15) is 0 Å². The van der Waals surface area contributed by atoms with E-state index in [-0.39, 0.29) is 0 Å². The fraction of sp³-hybridized carbons (Fsp3) is 0.727. The Bertz CT molecular complexity index is 645. The predicted octanol–water partition coefficient (Wildman–Crippen LogP) is 3.04. The Morgan fingerprint density at radius 3 is 2.71 bits per heavy atom. The number of hydrogen-bond donors (Lipinski definition) is 1. The Kier molecular flexibility index (Phi) is 6.35. The van der Waals surface area contributed by atoms with E-state index in [2.05, 4.69) is 34.2 Å². The normalized spacial score (nSPS) is 26.1. The van der Waals surface area contributed by atoms with Crippen LogP contribution in [0.15, 0.2) is 23.3 Å². The zero-order chi connectivity index (χ0) is 19.2. The van der Waals surface area contributed by atoms with Crippen molar-refractivity contribution in [1.82, 2.24) is 15.2 Å². The van der Waals surface area contributed by atoms with Crippen molar-refractivity contribution in [2.24, 2.45) is 10.4 Å². The zero-order valence-corrected chi connectivity index (χ0v) is 17.3. The minimum Gasteiger partial charge on any atom is -0.381 e. The van der Waals surface area contributed by atoms with Crippen molar-refractivity contribution >= 4 is 11.8 Å². The van der Waals surface area contributed by atoms with Crippen LogP contribution in [0.4, 0.5) is 5.82 Å². The number of ether oxygens (including phenoxy) is 1. The predicted molar refractivity (Wildman–Crippen MR) is 114 cm³/mol. The summed E-state index contributed by atoms with van der Waals surface area (Å²) in [6.07, 6.45) is 9.66. The first kappa shape index (κ1) is 19.5. The maximum Gasteiger partial charge on any atom is 0.194 e. The van der Waals surface area contributed by atoms with Gasteiger partial charge in [0, 0.05) is 50.9 Å². The first-order valence-corrected chi connectivity index (χ1v) is 11.1. The number of pyridine rings is 1. The molecule has 0 saturated carbocycles. The molecule has 1 spiro atoms. The molecule has 0 radical (unpaired) electrons. The monoisotopic (exact) mass is 385 g/mol. The topological polar surface area (TPSA) is 53.0 Å². The molecular formula is C22H35N5O. The standard InChI is InChI=1S/C22H35N5O/c1-2-23-21(27-13-9-22(17-27)10-14-28-18-22)25-16-19-7-8-20(24-15-19)26-11-5-3-4-6-12-26/h7-8,15H,2-6,9-14,16-18H2,1H3,(H,23,25). The average molecular weight is 386 g/mol. The maximum atomic E-state index is 5.67. The SMILES string of the molecule is CCNC(=NCc1ccc(N2CCCCCC2)nc1)N1CCC2(CCOC2)C1. The van der Waals surface area contributed by atoms with E-state index in [0.717, 1.165) is 57.7 Å². The van der Waals surface area contributed by atoms with Gasteiger partial charge in [0.25, 0.3) is 0 Å². The lowest BCUT2D eigenvalue weighted by Crippen LogP contribution is -2.41. The summed E-state index contributed by atoms with van der Waals surface area (Å²) in [4.78, 5) is 14.5. The van der Waals surface area contributed by atoms with Crippen LogP contribution in [-0.4, -0.2) is 61.8 Å². The third kappa shape index (κ3) is 4.59. The molecule has 0 amide bonds. The van der Waals surface area contributed by atoms with Crippen LogP contribution in [0.2, 0.25) is 0 Å². The second kappa shape index (κ2) is 9.12. The second-order valence-electron chi connectivity index (χ2n) is 8.57. The molecule has 6 heteroatoms. The van der Waals surface area contributed by atoms with Crippen LogP contribution in [0.3, 0.4) is 0 Å². The molecule has 1 aromatic rings. The van der Waals surface area contributed by atoms with Crippen LogP contribution in [0.1, 0.15) is 51.0 Å². The average Bonchev–Trinajstić information content (AvgIpc) is 3.27. The molecule has 154 valence electrons. The fourth-order valence-electron chi connectivity index (χ4n) is 4.68. The van der Waals surface area contributed by atoms with Gasteiger partial charge in [0.05, 0.1) is 13.2 Å². The number of nitrogens with zero attached hydrogens (tertiary/aromatic N) is 4. The summed E-state index contributed by atoms with van der Waals surface area (Å²) < 4.78 is 5.67. The summed E-state index contributed by atoms with van der Waals surface area (Å²) in [5.74, 6) is 2.15. The summed E-state index contributed by atoms with van der Waals surface area (Å²) in [5.41, 5.74) is 1.53. The number of hydrogen-bond acceptors (Lipinski definition) is 4. The van der Waals surface area contributed by atoms with Gasteiger partial charge < -0.3 is 19.9 Å². The third-order valence-electron chi connectivity index (χ3n) is 6.41. The first-order valence-electron chi connectivity index (χ1n) is 11.1. The molecule has 4 rings (SSSR count). The van der Waals surface area contributed by atoms with Gasteiger partial charge in [-0.2, -0.15) is 0 Å². The Hall–Kier alpha value is -1.82. The molecule has 4 heterocycles. The number of nitrogens with one attached hydrogen (secondary N) is 1. The molecule has 6 nitrogen and oxygen atoms in total. The number of guanidine groups is 1. The molecule has 3 aliphatic heterocycles. The van der Waals surface area contributed by atoms with Crippen molar-refractivity contribution < 1.29 is 4.74 Å². The molecule has 0 aliphatic carbocycles. The van der Waals surface area contributed by atoms with Gasteiger partial charge >= 0.3 is 0 Å². The summed E-state index contributed by atoms with van der Waals surface area (Å²) in [5, 5.41) is 3.48. The van der Waals surface area contributed by atoms with Crippen LogP contribution >= 0.6 is 0 Å². The van der Waals surface area contributed by atoms with E-state index in [4.69, 9.17) is 14.7 Å². The molecule has 1 aromatic heterocycles. The van der Waals surface area contributed by atoms with E-state index in [1.54, 1.807) is 0 Å². The van der Waals surface area contributed by atoms with E-state index < -0.39 is 0 Å². The molecule has 3 fully saturated rings. The van der Waals surface area contributed by atoms with Gasteiger partial charge in [-0.25, -0.2) is 9.98 Å². The Labute approximate surface area is 169 Å². The molecule has 28 heavy (non-hydrogen) atoms. The number of anilines is 1. The molecule has 3 saturated heterocycles. The van der Waals surface area contributed by atoms with Crippen molar-refractivity contribution in [2.75, 3.05) is 50.8 Å².